The van der Waals surface area contributed by atoms with Crippen LogP contribution in [0.5, 0.6) is 0 Å². The lowest BCUT2D eigenvalue weighted by atomic mass is 10.2. The molecule has 1 rings (SSSR count). The van der Waals surface area contributed by atoms with E-state index in [4.69, 9.17) is 0 Å². The molecule has 0 aliphatic carbocycles. The molecule has 0 fully saturated rings. The van der Waals surface area contributed by atoms with E-state index in [1.165, 1.54) is 11.5 Å². The maximum atomic E-state index is 9.33. The summed E-state index contributed by atoms with van der Waals surface area (Å²) in [7, 11) is 0. The zero-order valence-corrected chi connectivity index (χ0v) is 9.64. The normalized spacial score (nSPS) is 13.2. The molecule has 1 unspecified atom stereocenters. The number of nitrogens with one attached hydrogen (secondary N) is 1. The minimum Gasteiger partial charge on any atom is -0.391 e. The van der Waals surface area contributed by atoms with E-state index in [1.54, 1.807) is 0 Å². The summed E-state index contributed by atoms with van der Waals surface area (Å²) in [6.45, 7) is 6.62. The number of aromatic nitrogens is 2. The largest absolute Gasteiger partial charge is 0.391 e. The third-order valence-corrected chi connectivity index (χ3v) is 2.61. The highest BCUT2D eigenvalue weighted by Gasteiger charge is 2.08. The first-order valence-corrected chi connectivity index (χ1v) is 5.66. The Morgan fingerprint density at radius 1 is 1.50 bits per heavy atom. The number of aliphatic hydroxyl groups is 1. The molecule has 5 heteroatoms. The maximum Gasteiger partial charge on any atom is 0.202 e. The number of rotatable bonds is 5. The molecule has 0 radical (unpaired) electrons. The lowest BCUT2D eigenvalue weighted by Gasteiger charge is -2.06. The van der Waals surface area contributed by atoms with Gasteiger partial charge >= 0.3 is 0 Å². The van der Waals surface area contributed by atoms with Gasteiger partial charge in [0, 0.05) is 24.0 Å². The van der Waals surface area contributed by atoms with Gasteiger partial charge < -0.3 is 10.4 Å². The van der Waals surface area contributed by atoms with Crippen molar-refractivity contribution in [1.29, 1.82) is 0 Å². The second-order valence-electron chi connectivity index (χ2n) is 3.56. The first kappa shape index (κ1) is 11.4. The van der Waals surface area contributed by atoms with Crippen LogP contribution in [0.1, 0.15) is 38.9 Å². The fraction of sp³-hybridized carbons (Fsp3) is 0.778. The first-order chi connectivity index (χ1) is 6.63. The van der Waals surface area contributed by atoms with Crippen molar-refractivity contribution in [2.45, 2.75) is 39.2 Å². The van der Waals surface area contributed by atoms with Crippen LogP contribution in [0.3, 0.4) is 0 Å². The summed E-state index contributed by atoms with van der Waals surface area (Å²) in [4.78, 5) is 4.30. The SMILES string of the molecule is CCC(O)CNc1nc(C(C)C)ns1. The number of hydrogen-bond acceptors (Lipinski definition) is 5. The van der Waals surface area contributed by atoms with Gasteiger partial charge in [-0.05, 0) is 6.42 Å². The molecular weight excluding hydrogens is 198 g/mol. The van der Waals surface area contributed by atoms with Crippen molar-refractivity contribution in [2.24, 2.45) is 0 Å². The van der Waals surface area contributed by atoms with Gasteiger partial charge in [-0.25, -0.2) is 4.98 Å². The Bertz CT molecular complexity index is 275. The van der Waals surface area contributed by atoms with Gasteiger partial charge in [0.05, 0.1) is 6.10 Å². The molecule has 1 aromatic heterocycles. The van der Waals surface area contributed by atoms with Gasteiger partial charge in [0.1, 0.15) is 5.82 Å². The van der Waals surface area contributed by atoms with Crippen LogP contribution in [0.2, 0.25) is 0 Å². The summed E-state index contributed by atoms with van der Waals surface area (Å²) in [5, 5.41) is 13.2. The summed E-state index contributed by atoms with van der Waals surface area (Å²) in [6.07, 6.45) is 0.449. The van der Waals surface area contributed by atoms with E-state index in [1.807, 2.05) is 6.92 Å². The van der Waals surface area contributed by atoms with Crippen LogP contribution in [0.4, 0.5) is 5.13 Å². The second kappa shape index (κ2) is 5.26. The van der Waals surface area contributed by atoms with Crippen molar-refractivity contribution in [3.8, 4) is 0 Å². The van der Waals surface area contributed by atoms with Gasteiger partial charge in [-0.1, -0.05) is 20.8 Å². The smallest absolute Gasteiger partial charge is 0.202 e. The van der Waals surface area contributed by atoms with Crippen molar-refractivity contribution in [3.05, 3.63) is 5.82 Å². The molecule has 0 bridgehead atoms. The zero-order valence-electron chi connectivity index (χ0n) is 8.82. The van der Waals surface area contributed by atoms with Crippen LogP contribution >= 0.6 is 11.5 Å². The van der Waals surface area contributed by atoms with E-state index in [2.05, 4.69) is 28.5 Å². The Hall–Kier alpha value is -0.680. The molecule has 0 spiro atoms. The van der Waals surface area contributed by atoms with Gasteiger partial charge in [0.2, 0.25) is 5.13 Å². The minimum atomic E-state index is -0.304. The molecule has 0 saturated carbocycles. The van der Waals surface area contributed by atoms with Gasteiger partial charge in [-0.15, -0.1) is 0 Å². The Labute approximate surface area is 88.6 Å². The van der Waals surface area contributed by atoms with Crippen LogP contribution in [0, 0.1) is 0 Å². The maximum absolute atomic E-state index is 9.33. The van der Waals surface area contributed by atoms with Crippen LogP contribution in [-0.2, 0) is 0 Å². The predicted molar refractivity (Wildman–Crippen MR) is 58.8 cm³/mol. The molecule has 2 N–H and O–H groups in total. The molecule has 1 heterocycles. The van der Waals surface area contributed by atoms with Gasteiger partial charge in [0.25, 0.3) is 0 Å². The second-order valence-corrected chi connectivity index (χ2v) is 4.31. The third kappa shape index (κ3) is 3.23. The Kier molecular flexibility index (Phi) is 4.28. The summed E-state index contributed by atoms with van der Waals surface area (Å²) < 4.78 is 4.21. The predicted octanol–water partition coefficient (Wildman–Crippen LogP) is 1.84. The van der Waals surface area contributed by atoms with Crippen LogP contribution in [0.25, 0.3) is 0 Å². The highest BCUT2D eigenvalue weighted by molar-refractivity contribution is 7.09. The van der Waals surface area contributed by atoms with E-state index in [9.17, 15) is 5.11 Å². The molecule has 1 atom stereocenters. The van der Waals surface area contributed by atoms with Crippen molar-refractivity contribution >= 4 is 16.7 Å². The number of aliphatic hydroxyl groups excluding tert-OH is 1. The molecule has 0 aromatic carbocycles. The van der Waals surface area contributed by atoms with Crippen molar-refractivity contribution in [2.75, 3.05) is 11.9 Å². The zero-order chi connectivity index (χ0) is 10.6. The quantitative estimate of drug-likeness (QED) is 0.787. The number of hydrogen-bond donors (Lipinski definition) is 2. The third-order valence-electron chi connectivity index (χ3n) is 1.92. The summed E-state index contributed by atoms with van der Waals surface area (Å²) in [5.74, 6) is 1.22. The molecule has 14 heavy (non-hydrogen) atoms. The lowest BCUT2D eigenvalue weighted by Crippen LogP contribution is -2.18. The van der Waals surface area contributed by atoms with Crippen LogP contribution < -0.4 is 5.32 Å². The molecule has 4 nitrogen and oxygen atoms in total. The number of nitrogens with zero attached hydrogens (tertiary/aromatic N) is 2. The molecular formula is C9H17N3OS. The summed E-state index contributed by atoms with van der Waals surface area (Å²) in [6, 6.07) is 0. The van der Waals surface area contributed by atoms with Crippen LogP contribution in [0.15, 0.2) is 0 Å². The average Bonchev–Trinajstić information content (AvgIpc) is 2.62. The first-order valence-electron chi connectivity index (χ1n) is 4.89. The highest BCUT2D eigenvalue weighted by Crippen LogP contribution is 2.17. The van der Waals surface area contributed by atoms with Crippen molar-refractivity contribution < 1.29 is 5.11 Å². The summed E-state index contributed by atoms with van der Waals surface area (Å²) in [5.41, 5.74) is 0. The van der Waals surface area contributed by atoms with E-state index < -0.39 is 0 Å². The average molecular weight is 215 g/mol. The van der Waals surface area contributed by atoms with E-state index in [0.29, 0.717) is 12.5 Å². The molecule has 0 saturated heterocycles. The molecule has 0 amide bonds. The van der Waals surface area contributed by atoms with E-state index in [0.717, 1.165) is 17.4 Å². The molecule has 0 aliphatic heterocycles. The minimum absolute atomic E-state index is 0.304. The summed E-state index contributed by atoms with van der Waals surface area (Å²) >= 11 is 1.35. The number of anilines is 1. The van der Waals surface area contributed by atoms with Gasteiger partial charge in [-0.2, -0.15) is 4.37 Å². The van der Waals surface area contributed by atoms with Crippen molar-refractivity contribution in [3.63, 3.8) is 0 Å². The Balaban J connectivity index is 2.44. The van der Waals surface area contributed by atoms with Gasteiger partial charge in [0.15, 0.2) is 0 Å². The fourth-order valence-corrected chi connectivity index (χ4v) is 1.60. The Morgan fingerprint density at radius 2 is 2.21 bits per heavy atom. The molecule has 1 aromatic rings. The Morgan fingerprint density at radius 3 is 2.71 bits per heavy atom. The molecule has 0 aliphatic rings. The lowest BCUT2D eigenvalue weighted by molar-refractivity contribution is 0.183. The topological polar surface area (TPSA) is 58.0 Å². The standard InChI is InChI=1S/C9H17N3OS/c1-4-7(13)5-10-9-11-8(6(2)3)12-14-9/h6-7,13H,4-5H2,1-3H3,(H,10,11,12). The highest BCUT2D eigenvalue weighted by atomic mass is 32.1. The van der Waals surface area contributed by atoms with Gasteiger partial charge in [-0.3, -0.25) is 0 Å². The van der Waals surface area contributed by atoms with Crippen molar-refractivity contribution in [1.82, 2.24) is 9.36 Å². The van der Waals surface area contributed by atoms with Crippen LogP contribution in [-0.4, -0.2) is 27.1 Å². The monoisotopic (exact) mass is 215 g/mol. The van der Waals surface area contributed by atoms with E-state index in [-0.39, 0.29) is 6.10 Å². The fourth-order valence-electron chi connectivity index (χ4n) is 0.891. The molecule has 80 valence electrons. The van der Waals surface area contributed by atoms with E-state index >= 15 is 0 Å².